The van der Waals surface area contributed by atoms with Crippen molar-refractivity contribution in [1.29, 1.82) is 5.26 Å². The molecule has 0 radical (unpaired) electrons. The third-order valence-electron chi connectivity index (χ3n) is 4.18. The van der Waals surface area contributed by atoms with Crippen molar-refractivity contribution in [1.82, 2.24) is 4.98 Å². The van der Waals surface area contributed by atoms with Crippen LogP contribution in [0.3, 0.4) is 0 Å². The Labute approximate surface area is 167 Å². The number of nitro benzene ring substituents is 1. The minimum atomic E-state index is -0.437. The fourth-order valence-electron chi connectivity index (χ4n) is 2.71. The van der Waals surface area contributed by atoms with Crippen LogP contribution in [0.1, 0.15) is 30.3 Å². The van der Waals surface area contributed by atoms with Gasteiger partial charge in [-0.05, 0) is 29.7 Å². The molecule has 6 nitrogen and oxygen atoms in total. The van der Waals surface area contributed by atoms with Crippen LogP contribution in [0.4, 0.5) is 11.4 Å². The first-order valence-corrected chi connectivity index (χ1v) is 9.54. The number of hydrogen-bond acceptors (Lipinski definition) is 6. The number of non-ortho nitro benzene ring substituents is 1. The van der Waals surface area contributed by atoms with Gasteiger partial charge in [0.15, 0.2) is 0 Å². The van der Waals surface area contributed by atoms with Crippen molar-refractivity contribution < 1.29 is 4.92 Å². The molecule has 1 aromatic heterocycles. The zero-order chi connectivity index (χ0) is 20.1. The SMILES string of the molecule is CC(C)c1ccccc1N/C=C(\C#N)c1nc(-c2ccc([N+](=O)[O-])cc2)cs1. The number of aromatic nitrogens is 1. The maximum absolute atomic E-state index is 10.8. The Balaban J connectivity index is 1.83. The van der Waals surface area contributed by atoms with Gasteiger partial charge in [0.05, 0.1) is 10.6 Å². The number of benzene rings is 2. The van der Waals surface area contributed by atoms with Crippen LogP contribution < -0.4 is 5.32 Å². The van der Waals surface area contributed by atoms with E-state index < -0.39 is 4.92 Å². The number of nitro groups is 1. The number of rotatable bonds is 6. The van der Waals surface area contributed by atoms with Crippen LogP contribution in [0.5, 0.6) is 0 Å². The first kappa shape index (κ1) is 19.3. The molecule has 3 rings (SSSR count). The molecule has 1 heterocycles. The molecular weight excluding hydrogens is 372 g/mol. The number of para-hydroxylation sites is 1. The zero-order valence-corrected chi connectivity index (χ0v) is 16.2. The van der Waals surface area contributed by atoms with Crippen LogP contribution in [0, 0.1) is 21.4 Å². The summed E-state index contributed by atoms with van der Waals surface area (Å²) in [5, 5.41) is 26.0. The van der Waals surface area contributed by atoms with Crippen LogP contribution in [-0.4, -0.2) is 9.91 Å². The van der Waals surface area contributed by atoms with Gasteiger partial charge in [-0.3, -0.25) is 10.1 Å². The Kier molecular flexibility index (Phi) is 5.82. The molecule has 7 heteroatoms. The molecule has 0 spiro atoms. The van der Waals surface area contributed by atoms with Gasteiger partial charge in [0, 0.05) is 35.0 Å². The van der Waals surface area contributed by atoms with Gasteiger partial charge in [0.1, 0.15) is 16.6 Å². The highest BCUT2D eigenvalue weighted by Crippen LogP contribution is 2.28. The number of anilines is 1. The largest absolute Gasteiger partial charge is 0.360 e. The second-order valence-electron chi connectivity index (χ2n) is 6.40. The van der Waals surface area contributed by atoms with E-state index >= 15 is 0 Å². The quantitative estimate of drug-likeness (QED) is 0.325. The van der Waals surface area contributed by atoms with Crippen LogP contribution >= 0.6 is 11.3 Å². The van der Waals surface area contributed by atoms with Crippen LogP contribution in [-0.2, 0) is 0 Å². The smallest absolute Gasteiger partial charge is 0.269 e. The fraction of sp³-hybridized carbons (Fsp3) is 0.143. The summed E-state index contributed by atoms with van der Waals surface area (Å²) in [7, 11) is 0. The molecule has 0 aliphatic carbocycles. The number of nitrogens with zero attached hydrogens (tertiary/aromatic N) is 3. The summed E-state index contributed by atoms with van der Waals surface area (Å²) >= 11 is 1.36. The summed E-state index contributed by atoms with van der Waals surface area (Å²) in [4.78, 5) is 14.9. The first-order valence-electron chi connectivity index (χ1n) is 8.66. The van der Waals surface area contributed by atoms with E-state index in [-0.39, 0.29) is 5.69 Å². The summed E-state index contributed by atoms with van der Waals surface area (Å²) in [6.45, 7) is 4.24. The van der Waals surface area contributed by atoms with E-state index in [0.717, 1.165) is 11.3 Å². The van der Waals surface area contributed by atoms with E-state index in [4.69, 9.17) is 0 Å². The lowest BCUT2D eigenvalue weighted by atomic mass is 10.0. The van der Waals surface area contributed by atoms with Crippen molar-refractivity contribution in [2.24, 2.45) is 0 Å². The minimum absolute atomic E-state index is 0.0323. The molecular formula is C21H18N4O2S. The third kappa shape index (κ3) is 4.24. The number of nitriles is 1. The van der Waals surface area contributed by atoms with Gasteiger partial charge in [-0.2, -0.15) is 5.26 Å². The molecule has 0 aliphatic heterocycles. The van der Waals surface area contributed by atoms with E-state index in [0.29, 0.717) is 22.2 Å². The summed E-state index contributed by atoms with van der Waals surface area (Å²) in [6.07, 6.45) is 1.67. The second kappa shape index (κ2) is 8.46. The highest BCUT2D eigenvalue weighted by Gasteiger charge is 2.11. The van der Waals surface area contributed by atoms with Gasteiger partial charge in [0.2, 0.25) is 0 Å². The average molecular weight is 390 g/mol. The number of hydrogen-bond donors (Lipinski definition) is 1. The maximum atomic E-state index is 10.8. The molecule has 0 unspecified atom stereocenters. The van der Waals surface area contributed by atoms with Crippen LogP contribution in [0.15, 0.2) is 60.1 Å². The van der Waals surface area contributed by atoms with Gasteiger partial charge >= 0.3 is 0 Å². The van der Waals surface area contributed by atoms with E-state index in [1.54, 1.807) is 18.3 Å². The highest BCUT2D eigenvalue weighted by molar-refractivity contribution is 7.11. The molecule has 0 fully saturated rings. The van der Waals surface area contributed by atoms with Gasteiger partial charge in [0.25, 0.3) is 5.69 Å². The minimum Gasteiger partial charge on any atom is -0.360 e. The standard InChI is InChI=1S/C21H18N4O2S/c1-14(2)18-5-3-4-6-19(18)23-12-16(11-22)21-24-20(13-28-21)15-7-9-17(10-8-15)25(26)27/h3-10,12-14,23H,1-2H3/b16-12+. The summed E-state index contributed by atoms with van der Waals surface area (Å²) in [5.41, 5.74) is 4.03. The van der Waals surface area contributed by atoms with E-state index in [1.165, 1.54) is 29.0 Å². The molecule has 28 heavy (non-hydrogen) atoms. The molecule has 0 bridgehead atoms. The lowest BCUT2D eigenvalue weighted by Crippen LogP contribution is -1.97. The Hall–Kier alpha value is -3.50. The predicted molar refractivity (Wildman–Crippen MR) is 112 cm³/mol. The molecule has 0 aliphatic rings. The van der Waals surface area contributed by atoms with Crippen molar-refractivity contribution in [2.45, 2.75) is 19.8 Å². The summed E-state index contributed by atoms with van der Waals surface area (Å²) < 4.78 is 0. The normalized spacial score (nSPS) is 11.3. The first-order chi connectivity index (χ1) is 13.5. The molecule has 1 N–H and O–H groups in total. The third-order valence-corrected chi connectivity index (χ3v) is 5.06. The lowest BCUT2D eigenvalue weighted by Gasteiger charge is -2.12. The van der Waals surface area contributed by atoms with E-state index in [1.807, 2.05) is 23.6 Å². The number of thiazole rings is 1. The molecule has 140 valence electrons. The average Bonchev–Trinajstić information content (AvgIpc) is 3.19. The Morgan fingerprint density at radius 2 is 1.96 bits per heavy atom. The maximum Gasteiger partial charge on any atom is 0.269 e. The van der Waals surface area contributed by atoms with Crippen molar-refractivity contribution in [3.63, 3.8) is 0 Å². The molecule has 0 amide bonds. The monoisotopic (exact) mass is 390 g/mol. The number of nitrogens with one attached hydrogen (secondary N) is 1. The van der Waals surface area contributed by atoms with Crippen LogP contribution in [0.25, 0.3) is 16.8 Å². The molecule has 0 saturated heterocycles. The predicted octanol–water partition coefficient (Wildman–Crippen LogP) is 5.82. The van der Waals surface area contributed by atoms with Crippen molar-refractivity contribution >= 4 is 28.3 Å². The molecule has 0 atom stereocenters. The number of allylic oxidation sites excluding steroid dienone is 1. The van der Waals surface area contributed by atoms with Gasteiger partial charge in [-0.15, -0.1) is 11.3 Å². The van der Waals surface area contributed by atoms with Gasteiger partial charge < -0.3 is 5.32 Å². The Morgan fingerprint density at radius 3 is 2.61 bits per heavy atom. The van der Waals surface area contributed by atoms with Crippen molar-refractivity contribution in [3.8, 4) is 17.3 Å². The van der Waals surface area contributed by atoms with Crippen molar-refractivity contribution in [2.75, 3.05) is 5.32 Å². The van der Waals surface area contributed by atoms with Gasteiger partial charge in [-0.25, -0.2) is 4.98 Å². The van der Waals surface area contributed by atoms with E-state index in [9.17, 15) is 15.4 Å². The molecule has 0 saturated carbocycles. The fourth-order valence-corrected chi connectivity index (χ4v) is 3.50. The summed E-state index contributed by atoms with van der Waals surface area (Å²) in [6, 6.07) is 16.4. The van der Waals surface area contributed by atoms with E-state index in [2.05, 4.69) is 36.3 Å². The zero-order valence-electron chi connectivity index (χ0n) is 15.4. The Morgan fingerprint density at radius 1 is 1.25 bits per heavy atom. The van der Waals surface area contributed by atoms with Crippen molar-refractivity contribution in [3.05, 3.63) is 80.8 Å². The Bertz CT molecular complexity index is 1060. The van der Waals surface area contributed by atoms with Gasteiger partial charge in [-0.1, -0.05) is 32.0 Å². The van der Waals surface area contributed by atoms with Crippen LogP contribution in [0.2, 0.25) is 0 Å². The molecule has 2 aromatic carbocycles. The lowest BCUT2D eigenvalue weighted by molar-refractivity contribution is -0.384. The summed E-state index contributed by atoms with van der Waals surface area (Å²) in [5.74, 6) is 0.358. The second-order valence-corrected chi connectivity index (χ2v) is 7.26. The highest BCUT2D eigenvalue weighted by atomic mass is 32.1. The molecule has 3 aromatic rings. The topological polar surface area (TPSA) is 91.8 Å².